The quantitative estimate of drug-likeness (QED) is 0.822. The maximum Gasteiger partial charge on any atom is 0.224 e. The van der Waals surface area contributed by atoms with Crippen molar-refractivity contribution in [3.63, 3.8) is 0 Å². The molecule has 0 atom stereocenters. The lowest BCUT2D eigenvalue weighted by atomic mass is 10.3. The molecule has 2 aromatic heterocycles. The molecule has 0 spiro atoms. The van der Waals surface area contributed by atoms with Crippen LogP contribution in [0.4, 0.5) is 0 Å². The molecule has 1 aliphatic rings. The number of aromatic nitrogens is 4. The Morgan fingerprint density at radius 1 is 1.12 bits per heavy atom. The van der Waals surface area contributed by atoms with E-state index in [2.05, 4.69) is 21.3 Å². The lowest BCUT2D eigenvalue weighted by molar-refractivity contribution is -0.131. The van der Waals surface area contributed by atoms with E-state index in [1.165, 1.54) is 5.56 Å². The second kappa shape index (κ2) is 7.61. The van der Waals surface area contributed by atoms with Crippen LogP contribution < -0.4 is 0 Å². The minimum Gasteiger partial charge on any atom is -0.341 e. The minimum atomic E-state index is 0.228. The minimum absolute atomic E-state index is 0.228. The SMILES string of the molecule is Cc1cnn(CCC(=O)N2CCCN(Cc3cnn(C)c3)CC2)c1. The lowest BCUT2D eigenvalue weighted by Crippen LogP contribution is -2.35. The van der Waals surface area contributed by atoms with Crippen molar-refractivity contribution in [2.75, 3.05) is 26.2 Å². The van der Waals surface area contributed by atoms with Crippen LogP contribution in [0.15, 0.2) is 24.8 Å². The molecule has 2 aromatic rings. The second-order valence-corrected chi connectivity index (χ2v) is 6.56. The number of carbonyl (C=O) groups is 1. The standard InChI is InChI=1S/C17H26N6O/c1-15-10-19-23(12-15)7-4-17(24)22-6-3-5-21(8-9-22)14-16-11-18-20(2)13-16/h10-13H,3-9,14H2,1-2H3. The van der Waals surface area contributed by atoms with Crippen LogP contribution >= 0.6 is 0 Å². The predicted molar refractivity (Wildman–Crippen MR) is 91.3 cm³/mol. The summed E-state index contributed by atoms with van der Waals surface area (Å²) >= 11 is 0. The fourth-order valence-corrected chi connectivity index (χ4v) is 3.15. The molecule has 130 valence electrons. The Balaban J connectivity index is 1.46. The average molecular weight is 330 g/mol. The normalized spacial score (nSPS) is 16.3. The van der Waals surface area contributed by atoms with Crippen LogP contribution in [0.1, 0.15) is 24.0 Å². The van der Waals surface area contributed by atoms with Gasteiger partial charge in [-0.05, 0) is 18.9 Å². The highest BCUT2D eigenvalue weighted by Gasteiger charge is 2.19. The maximum atomic E-state index is 12.5. The van der Waals surface area contributed by atoms with Gasteiger partial charge in [0.05, 0.1) is 12.4 Å². The number of hydrogen-bond donors (Lipinski definition) is 0. The van der Waals surface area contributed by atoms with Gasteiger partial charge in [0.2, 0.25) is 5.91 Å². The fourth-order valence-electron chi connectivity index (χ4n) is 3.15. The van der Waals surface area contributed by atoms with Crippen LogP contribution in [0.5, 0.6) is 0 Å². The van der Waals surface area contributed by atoms with E-state index in [9.17, 15) is 4.79 Å². The van der Waals surface area contributed by atoms with Crippen molar-refractivity contribution in [2.45, 2.75) is 32.9 Å². The molecule has 1 aliphatic heterocycles. The summed E-state index contributed by atoms with van der Waals surface area (Å²) in [5.74, 6) is 0.228. The highest BCUT2D eigenvalue weighted by atomic mass is 16.2. The molecule has 0 aromatic carbocycles. The van der Waals surface area contributed by atoms with Crippen molar-refractivity contribution >= 4 is 5.91 Å². The van der Waals surface area contributed by atoms with Gasteiger partial charge in [-0.15, -0.1) is 0 Å². The molecule has 3 rings (SSSR count). The van der Waals surface area contributed by atoms with E-state index in [0.29, 0.717) is 13.0 Å². The molecule has 1 amide bonds. The van der Waals surface area contributed by atoms with E-state index in [1.54, 1.807) is 0 Å². The van der Waals surface area contributed by atoms with Gasteiger partial charge in [-0.1, -0.05) is 0 Å². The first-order valence-corrected chi connectivity index (χ1v) is 8.57. The lowest BCUT2D eigenvalue weighted by Gasteiger charge is -2.21. The largest absolute Gasteiger partial charge is 0.341 e. The number of carbonyl (C=O) groups excluding carboxylic acids is 1. The summed E-state index contributed by atoms with van der Waals surface area (Å²) in [6.45, 7) is 7.16. The van der Waals surface area contributed by atoms with Crippen molar-refractivity contribution < 1.29 is 4.79 Å². The summed E-state index contributed by atoms with van der Waals surface area (Å²) in [7, 11) is 1.94. The molecule has 0 unspecified atom stereocenters. The van der Waals surface area contributed by atoms with E-state index in [4.69, 9.17) is 0 Å². The molecule has 0 N–H and O–H groups in total. The summed E-state index contributed by atoms with van der Waals surface area (Å²) in [6, 6.07) is 0. The maximum absolute atomic E-state index is 12.5. The number of hydrogen-bond acceptors (Lipinski definition) is 4. The van der Waals surface area contributed by atoms with Crippen molar-refractivity contribution in [1.29, 1.82) is 0 Å². The van der Waals surface area contributed by atoms with Crippen LogP contribution in [-0.2, 0) is 24.9 Å². The molecule has 1 saturated heterocycles. The van der Waals surface area contributed by atoms with Gasteiger partial charge in [-0.25, -0.2) is 0 Å². The van der Waals surface area contributed by atoms with Crippen LogP contribution in [0, 0.1) is 6.92 Å². The first-order valence-electron chi connectivity index (χ1n) is 8.57. The summed E-state index contributed by atoms with van der Waals surface area (Å²) < 4.78 is 3.68. The van der Waals surface area contributed by atoms with E-state index in [-0.39, 0.29) is 5.91 Å². The smallest absolute Gasteiger partial charge is 0.224 e. The Morgan fingerprint density at radius 3 is 2.71 bits per heavy atom. The second-order valence-electron chi connectivity index (χ2n) is 6.56. The van der Waals surface area contributed by atoms with Crippen molar-refractivity contribution in [1.82, 2.24) is 29.4 Å². The molecule has 24 heavy (non-hydrogen) atoms. The Kier molecular flexibility index (Phi) is 5.30. The molecule has 7 nitrogen and oxygen atoms in total. The van der Waals surface area contributed by atoms with Gasteiger partial charge in [0.25, 0.3) is 0 Å². The highest BCUT2D eigenvalue weighted by molar-refractivity contribution is 5.76. The number of nitrogens with zero attached hydrogens (tertiary/aromatic N) is 6. The van der Waals surface area contributed by atoms with Crippen molar-refractivity contribution in [2.24, 2.45) is 7.05 Å². The van der Waals surface area contributed by atoms with E-state index >= 15 is 0 Å². The number of rotatable bonds is 5. The van der Waals surface area contributed by atoms with Gasteiger partial charge < -0.3 is 4.90 Å². The Bertz CT molecular complexity index is 676. The zero-order chi connectivity index (χ0) is 16.9. The molecule has 0 bridgehead atoms. The molecule has 7 heteroatoms. The zero-order valence-electron chi connectivity index (χ0n) is 14.6. The van der Waals surface area contributed by atoms with Crippen molar-refractivity contribution in [3.05, 3.63) is 35.9 Å². The summed E-state index contributed by atoms with van der Waals surface area (Å²) in [6.07, 6.45) is 9.31. The van der Waals surface area contributed by atoms with Gasteiger partial charge in [0, 0.05) is 70.7 Å². The summed E-state index contributed by atoms with van der Waals surface area (Å²) in [4.78, 5) is 16.9. The van der Waals surface area contributed by atoms with Crippen molar-refractivity contribution in [3.8, 4) is 0 Å². The first-order chi connectivity index (χ1) is 11.6. The third kappa shape index (κ3) is 4.44. The average Bonchev–Trinajstić information content (AvgIpc) is 3.07. The van der Waals surface area contributed by atoms with Crippen LogP contribution in [-0.4, -0.2) is 61.4 Å². The third-order valence-electron chi connectivity index (χ3n) is 4.42. The summed E-state index contributed by atoms with van der Waals surface area (Å²) in [5, 5.41) is 8.46. The monoisotopic (exact) mass is 330 g/mol. The molecule has 0 radical (unpaired) electrons. The van der Waals surface area contributed by atoms with Gasteiger partial charge in [-0.3, -0.25) is 19.1 Å². The first kappa shape index (κ1) is 16.7. The molecule has 3 heterocycles. The Labute approximate surface area is 142 Å². The Morgan fingerprint density at radius 2 is 2.00 bits per heavy atom. The Hall–Kier alpha value is -2.15. The zero-order valence-corrected chi connectivity index (χ0v) is 14.6. The van der Waals surface area contributed by atoms with E-state index in [0.717, 1.165) is 44.7 Å². The van der Waals surface area contributed by atoms with Gasteiger partial charge >= 0.3 is 0 Å². The van der Waals surface area contributed by atoms with Gasteiger partial charge in [0.15, 0.2) is 0 Å². The molecule has 0 aliphatic carbocycles. The van der Waals surface area contributed by atoms with Gasteiger partial charge in [0.1, 0.15) is 0 Å². The van der Waals surface area contributed by atoms with Crippen LogP contribution in [0.2, 0.25) is 0 Å². The van der Waals surface area contributed by atoms with E-state index < -0.39 is 0 Å². The number of aryl methyl sites for hydroxylation is 3. The van der Waals surface area contributed by atoms with E-state index in [1.807, 2.05) is 46.8 Å². The molecular formula is C17H26N6O. The third-order valence-corrected chi connectivity index (χ3v) is 4.42. The predicted octanol–water partition coefficient (Wildman–Crippen LogP) is 1.05. The van der Waals surface area contributed by atoms with Gasteiger partial charge in [-0.2, -0.15) is 10.2 Å². The van der Waals surface area contributed by atoms with Crippen LogP contribution in [0.25, 0.3) is 0 Å². The topological polar surface area (TPSA) is 59.2 Å². The highest BCUT2D eigenvalue weighted by Crippen LogP contribution is 2.10. The number of amides is 1. The molecular weight excluding hydrogens is 304 g/mol. The summed E-state index contributed by atoms with van der Waals surface area (Å²) in [5.41, 5.74) is 2.36. The molecule has 0 saturated carbocycles. The van der Waals surface area contributed by atoms with Crippen LogP contribution in [0.3, 0.4) is 0 Å². The molecule has 1 fully saturated rings. The fraction of sp³-hybridized carbons (Fsp3) is 0.588.